The molecule has 5 nitrogen and oxygen atoms in total. The van der Waals surface area contributed by atoms with Gasteiger partial charge in [0.05, 0.1) is 6.54 Å². The molecule has 3 aromatic carbocycles. The predicted molar refractivity (Wildman–Crippen MR) is 123 cm³/mol. The number of aromatic nitrogens is 2. The molecule has 0 fully saturated rings. The van der Waals surface area contributed by atoms with Crippen LogP contribution in [0.25, 0.3) is 0 Å². The van der Waals surface area contributed by atoms with Gasteiger partial charge in [-0.2, -0.15) is 5.10 Å². The SMILES string of the molecule is Cc1ccc(Cn2ccc(NC(=O)c3cccc(COc4ccc(Cl)cc4)c3)n2)cc1. The average molecular weight is 432 g/mol. The lowest BCUT2D eigenvalue weighted by Gasteiger charge is -2.08. The van der Waals surface area contributed by atoms with Crippen molar-refractivity contribution in [3.05, 3.63) is 112 Å². The van der Waals surface area contributed by atoms with Crippen molar-refractivity contribution in [1.29, 1.82) is 0 Å². The number of rotatable bonds is 7. The fourth-order valence-corrected chi connectivity index (χ4v) is 3.21. The number of carbonyl (C=O) groups excluding carboxylic acids is 1. The van der Waals surface area contributed by atoms with Gasteiger partial charge in [-0.25, -0.2) is 0 Å². The summed E-state index contributed by atoms with van der Waals surface area (Å²) >= 11 is 5.89. The van der Waals surface area contributed by atoms with E-state index in [0.29, 0.717) is 29.6 Å². The maximum Gasteiger partial charge on any atom is 0.256 e. The van der Waals surface area contributed by atoms with Crippen LogP contribution in [0.2, 0.25) is 5.02 Å². The monoisotopic (exact) mass is 431 g/mol. The minimum absolute atomic E-state index is 0.214. The Hall–Kier alpha value is -3.57. The summed E-state index contributed by atoms with van der Waals surface area (Å²) in [5, 5.41) is 7.96. The second-order valence-corrected chi connectivity index (χ2v) is 7.72. The number of hydrogen-bond acceptors (Lipinski definition) is 3. The summed E-state index contributed by atoms with van der Waals surface area (Å²) in [4.78, 5) is 12.7. The Kier molecular flexibility index (Phi) is 6.34. The van der Waals surface area contributed by atoms with Crippen molar-refractivity contribution in [2.45, 2.75) is 20.1 Å². The van der Waals surface area contributed by atoms with E-state index in [9.17, 15) is 4.79 Å². The van der Waals surface area contributed by atoms with Crippen LogP contribution in [0.15, 0.2) is 85.1 Å². The third-order valence-electron chi connectivity index (χ3n) is 4.76. The molecule has 0 bridgehead atoms. The van der Waals surface area contributed by atoms with E-state index in [-0.39, 0.29) is 5.91 Å². The van der Waals surface area contributed by atoms with Crippen LogP contribution in [-0.2, 0) is 13.2 Å². The number of aryl methyl sites for hydroxylation is 1. The lowest BCUT2D eigenvalue weighted by atomic mass is 10.1. The van der Waals surface area contributed by atoms with E-state index in [4.69, 9.17) is 16.3 Å². The van der Waals surface area contributed by atoms with E-state index in [1.807, 2.05) is 36.5 Å². The molecule has 1 amide bonds. The molecular formula is C25H22ClN3O2. The van der Waals surface area contributed by atoms with Crippen molar-refractivity contribution in [2.24, 2.45) is 0 Å². The minimum atomic E-state index is -0.214. The highest BCUT2D eigenvalue weighted by Crippen LogP contribution is 2.17. The van der Waals surface area contributed by atoms with Gasteiger partial charge in [-0.15, -0.1) is 0 Å². The molecule has 0 radical (unpaired) electrons. The Morgan fingerprint density at radius 1 is 1.00 bits per heavy atom. The van der Waals surface area contributed by atoms with Gasteiger partial charge in [-0.3, -0.25) is 9.48 Å². The Morgan fingerprint density at radius 2 is 1.77 bits per heavy atom. The number of halogens is 1. The van der Waals surface area contributed by atoms with Crippen LogP contribution in [0.4, 0.5) is 5.82 Å². The summed E-state index contributed by atoms with van der Waals surface area (Å²) in [7, 11) is 0. The van der Waals surface area contributed by atoms with Gasteiger partial charge in [0.1, 0.15) is 12.4 Å². The van der Waals surface area contributed by atoms with E-state index >= 15 is 0 Å². The predicted octanol–water partition coefficient (Wildman–Crippen LogP) is 5.72. The van der Waals surface area contributed by atoms with Crippen molar-refractivity contribution in [1.82, 2.24) is 9.78 Å². The smallest absolute Gasteiger partial charge is 0.256 e. The van der Waals surface area contributed by atoms with E-state index in [2.05, 4.69) is 41.6 Å². The number of benzene rings is 3. The van der Waals surface area contributed by atoms with Crippen LogP contribution in [0.3, 0.4) is 0 Å². The van der Waals surface area contributed by atoms with Crippen molar-refractivity contribution < 1.29 is 9.53 Å². The average Bonchev–Trinajstić information content (AvgIpc) is 3.22. The molecular weight excluding hydrogens is 410 g/mol. The molecule has 0 aliphatic rings. The highest BCUT2D eigenvalue weighted by molar-refractivity contribution is 6.30. The number of carbonyl (C=O) groups is 1. The number of ether oxygens (including phenoxy) is 1. The fourth-order valence-electron chi connectivity index (χ4n) is 3.09. The first-order chi connectivity index (χ1) is 15.0. The van der Waals surface area contributed by atoms with E-state index in [0.717, 1.165) is 16.9 Å². The molecule has 0 saturated heterocycles. The van der Waals surface area contributed by atoms with Crippen molar-refractivity contribution in [2.75, 3.05) is 5.32 Å². The maximum atomic E-state index is 12.7. The molecule has 1 aromatic heterocycles. The van der Waals surface area contributed by atoms with Crippen LogP contribution < -0.4 is 10.1 Å². The first-order valence-corrected chi connectivity index (χ1v) is 10.3. The van der Waals surface area contributed by atoms with Crippen LogP contribution in [0.5, 0.6) is 5.75 Å². The number of nitrogens with one attached hydrogen (secondary N) is 1. The van der Waals surface area contributed by atoms with Crippen molar-refractivity contribution in [3.8, 4) is 5.75 Å². The lowest BCUT2D eigenvalue weighted by Crippen LogP contribution is -2.13. The highest BCUT2D eigenvalue weighted by Gasteiger charge is 2.09. The zero-order valence-corrected chi connectivity index (χ0v) is 17.8. The number of amides is 1. The molecule has 1 N–H and O–H groups in total. The zero-order chi connectivity index (χ0) is 21.6. The maximum absolute atomic E-state index is 12.7. The third-order valence-corrected chi connectivity index (χ3v) is 5.01. The molecule has 4 aromatic rings. The van der Waals surface area contributed by atoms with Crippen LogP contribution in [-0.4, -0.2) is 15.7 Å². The van der Waals surface area contributed by atoms with Gasteiger partial charge >= 0.3 is 0 Å². The normalized spacial score (nSPS) is 10.6. The zero-order valence-electron chi connectivity index (χ0n) is 17.1. The molecule has 4 rings (SSSR count). The molecule has 0 saturated carbocycles. The highest BCUT2D eigenvalue weighted by atomic mass is 35.5. The molecule has 156 valence electrons. The van der Waals surface area contributed by atoms with Crippen LogP contribution >= 0.6 is 11.6 Å². The largest absolute Gasteiger partial charge is 0.489 e. The molecule has 0 aliphatic carbocycles. The van der Waals surface area contributed by atoms with Gasteiger partial charge in [0.25, 0.3) is 5.91 Å². The molecule has 6 heteroatoms. The molecule has 31 heavy (non-hydrogen) atoms. The number of nitrogens with zero attached hydrogens (tertiary/aromatic N) is 2. The molecule has 0 aliphatic heterocycles. The summed E-state index contributed by atoms with van der Waals surface area (Å²) in [5.74, 6) is 1.02. The van der Waals surface area contributed by atoms with E-state index < -0.39 is 0 Å². The van der Waals surface area contributed by atoms with Gasteiger partial charge in [0, 0.05) is 22.8 Å². The Bertz CT molecular complexity index is 1170. The van der Waals surface area contributed by atoms with E-state index in [1.54, 1.807) is 28.9 Å². The first-order valence-electron chi connectivity index (χ1n) is 9.93. The summed E-state index contributed by atoms with van der Waals surface area (Å²) in [5.41, 5.74) is 3.82. The van der Waals surface area contributed by atoms with Gasteiger partial charge < -0.3 is 10.1 Å². The van der Waals surface area contributed by atoms with Crippen molar-refractivity contribution >= 4 is 23.3 Å². The summed E-state index contributed by atoms with van der Waals surface area (Å²) in [6.45, 7) is 3.06. The molecule has 0 spiro atoms. The standard InChI is InChI=1S/C25H22ClN3O2/c1-18-5-7-19(8-6-18)16-29-14-13-24(28-29)27-25(30)21-4-2-3-20(15-21)17-31-23-11-9-22(26)10-12-23/h2-15H,16-17H2,1H3,(H,27,28,30). The summed E-state index contributed by atoms with van der Waals surface area (Å²) in [6.07, 6.45) is 1.85. The van der Waals surface area contributed by atoms with Crippen LogP contribution in [0, 0.1) is 6.92 Å². The minimum Gasteiger partial charge on any atom is -0.489 e. The molecule has 0 unspecified atom stereocenters. The van der Waals surface area contributed by atoms with Gasteiger partial charge in [0.15, 0.2) is 5.82 Å². The van der Waals surface area contributed by atoms with Gasteiger partial charge in [0.2, 0.25) is 0 Å². The second kappa shape index (κ2) is 9.49. The topological polar surface area (TPSA) is 56.2 Å². The molecule has 0 atom stereocenters. The molecule has 1 heterocycles. The number of anilines is 1. The number of hydrogen-bond donors (Lipinski definition) is 1. The van der Waals surface area contributed by atoms with Gasteiger partial charge in [-0.05, 0) is 54.4 Å². The Balaban J connectivity index is 1.36. The fraction of sp³-hybridized carbons (Fsp3) is 0.120. The van der Waals surface area contributed by atoms with E-state index in [1.165, 1.54) is 5.56 Å². The Morgan fingerprint density at radius 3 is 2.55 bits per heavy atom. The first kappa shape index (κ1) is 20.7. The van der Waals surface area contributed by atoms with Crippen LogP contribution in [0.1, 0.15) is 27.0 Å². The summed E-state index contributed by atoms with van der Waals surface area (Å²) in [6, 6.07) is 24.6. The lowest BCUT2D eigenvalue weighted by molar-refractivity contribution is 0.102. The van der Waals surface area contributed by atoms with Crippen molar-refractivity contribution in [3.63, 3.8) is 0 Å². The second-order valence-electron chi connectivity index (χ2n) is 7.28. The third kappa shape index (κ3) is 5.74. The quantitative estimate of drug-likeness (QED) is 0.407. The van der Waals surface area contributed by atoms with Gasteiger partial charge in [-0.1, -0.05) is 53.6 Å². The summed E-state index contributed by atoms with van der Waals surface area (Å²) < 4.78 is 7.56. The Labute approximate surface area is 186 Å².